The monoisotopic (exact) mass is 307 g/mol. The molecule has 0 bridgehead atoms. The predicted octanol–water partition coefficient (Wildman–Crippen LogP) is 2.48. The zero-order valence-electron chi connectivity index (χ0n) is 12.5. The predicted molar refractivity (Wildman–Crippen MR) is 82.4 cm³/mol. The first kappa shape index (κ1) is 14.5. The third kappa shape index (κ3) is 2.96. The number of imidazole rings is 1. The largest absolute Gasteiger partial charge is 0.466 e. The van der Waals surface area contributed by atoms with E-state index in [-0.39, 0.29) is 11.9 Å². The second-order valence-electron chi connectivity index (χ2n) is 5.50. The molecule has 0 saturated carbocycles. The van der Waals surface area contributed by atoms with Gasteiger partial charge in [0.2, 0.25) is 0 Å². The van der Waals surface area contributed by atoms with Gasteiger partial charge in [0, 0.05) is 18.1 Å². The topological polar surface area (TPSA) is 46.8 Å². The molecule has 1 aliphatic rings. The summed E-state index contributed by atoms with van der Waals surface area (Å²) >= 11 is 1.67. The Kier molecular flexibility index (Phi) is 4.26. The Bertz CT molecular complexity index is 626. The Labute approximate surface area is 128 Å². The van der Waals surface area contributed by atoms with Crippen LogP contribution in [-0.2, 0) is 16.1 Å². The van der Waals surface area contributed by atoms with Crippen molar-refractivity contribution in [3.05, 3.63) is 23.0 Å². The Morgan fingerprint density at radius 3 is 2.95 bits per heavy atom. The first-order chi connectivity index (χ1) is 10.2. The molecule has 2 aromatic rings. The summed E-state index contributed by atoms with van der Waals surface area (Å²) in [6, 6.07) is 0. The van der Waals surface area contributed by atoms with E-state index >= 15 is 0 Å². The van der Waals surface area contributed by atoms with Crippen LogP contribution in [0.5, 0.6) is 0 Å². The van der Waals surface area contributed by atoms with Crippen LogP contribution in [-0.4, -0.2) is 40.0 Å². The van der Waals surface area contributed by atoms with E-state index in [0.717, 1.165) is 43.1 Å². The second kappa shape index (κ2) is 6.15. The van der Waals surface area contributed by atoms with Gasteiger partial charge < -0.3 is 4.74 Å². The number of fused-ring (bicyclic) bond motifs is 1. The first-order valence-corrected chi connectivity index (χ1v) is 8.37. The number of likely N-dealkylation sites (tertiary alicyclic amines) is 1. The van der Waals surface area contributed by atoms with Gasteiger partial charge in [-0.25, -0.2) is 4.98 Å². The van der Waals surface area contributed by atoms with E-state index in [4.69, 9.17) is 4.74 Å². The highest BCUT2D eigenvalue weighted by molar-refractivity contribution is 7.15. The van der Waals surface area contributed by atoms with Crippen LogP contribution in [0.15, 0.2) is 11.6 Å². The molecule has 1 fully saturated rings. The number of hydrogen-bond acceptors (Lipinski definition) is 5. The van der Waals surface area contributed by atoms with Crippen molar-refractivity contribution in [1.29, 1.82) is 0 Å². The maximum atomic E-state index is 11.8. The van der Waals surface area contributed by atoms with Crippen LogP contribution in [0.1, 0.15) is 31.2 Å². The molecule has 1 aliphatic heterocycles. The standard InChI is InChI=1S/C15H21N3O2S/c1-3-20-14(19)12-4-6-17(7-5-12)10-13-11(2)16-15-18(13)8-9-21-15/h8-9,12H,3-7,10H2,1-2H3. The number of hydrogen-bond donors (Lipinski definition) is 0. The molecule has 6 heteroatoms. The van der Waals surface area contributed by atoms with Crippen LogP contribution >= 0.6 is 11.3 Å². The van der Waals surface area contributed by atoms with E-state index in [0.29, 0.717) is 6.61 Å². The Hall–Kier alpha value is -1.40. The van der Waals surface area contributed by atoms with Crippen LogP contribution in [0.25, 0.3) is 4.96 Å². The molecule has 0 unspecified atom stereocenters. The molecule has 0 spiro atoms. The SMILES string of the molecule is CCOC(=O)C1CCN(Cc2c(C)nc3sccn23)CC1. The maximum absolute atomic E-state index is 11.8. The van der Waals surface area contributed by atoms with Crippen LogP contribution in [0.3, 0.4) is 0 Å². The maximum Gasteiger partial charge on any atom is 0.309 e. The number of carbonyl (C=O) groups excluding carboxylic acids is 1. The van der Waals surface area contributed by atoms with Gasteiger partial charge in [0.1, 0.15) is 0 Å². The summed E-state index contributed by atoms with van der Waals surface area (Å²) in [4.78, 5) is 19.8. The van der Waals surface area contributed by atoms with E-state index in [1.807, 2.05) is 6.92 Å². The van der Waals surface area contributed by atoms with Crippen molar-refractivity contribution in [2.45, 2.75) is 33.2 Å². The van der Waals surface area contributed by atoms with Crippen LogP contribution in [0.4, 0.5) is 0 Å². The van der Waals surface area contributed by atoms with Crippen LogP contribution in [0.2, 0.25) is 0 Å². The van der Waals surface area contributed by atoms with Gasteiger partial charge in [-0.15, -0.1) is 11.3 Å². The van der Waals surface area contributed by atoms with Crippen molar-refractivity contribution >= 4 is 22.3 Å². The van der Waals surface area contributed by atoms with Gasteiger partial charge in [-0.05, 0) is 39.8 Å². The van der Waals surface area contributed by atoms with Gasteiger partial charge >= 0.3 is 5.97 Å². The van der Waals surface area contributed by atoms with E-state index in [9.17, 15) is 4.79 Å². The van der Waals surface area contributed by atoms with E-state index in [1.54, 1.807) is 11.3 Å². The molecule has 0 N–H and O–H groups in total. The summed E-state index contributed by atoms with van der Waals surface area (Å²) in [5.41, 5.74) is 2.37. The van der Waals surface area contributed by atoms with Gasteiger partial charge in [0.15, 0.2) is 4.96 Å². The molecular weight excluding hydrogens is 286 g/mol. The lowest BCUT2D eigenvalue weighted by Gasteiger charge is -2.30. The molecule has 0 radical (unpaired) electrons. The van der Waals surface area contributed by atoms with Gasteiger partial charge in [0.25, 0.3) is 0 Å². The van der Waals surface area contributed by atoms with E-state index in [1.165, 1.54) is 5.69 Å². The molecule has 0 atom stereocenters. The number of thiazole rings is 1. The molecule has 114 valence electrons. The number of piperidine rings is 1. The van der Waals surface area contributed by atoms with Gasteiger partial charge in [-0.1, -0.05) is 0 Å². The molecule has 3 heterocycles. The number of ether oxygens (including phenoxy) is 1. The summed E-state index contributed by atoms with van der Waals surface area (Å²) in [6.45, 7) is 7.20. The third-order valence-electron chi connectivity index (χ3n) is 4.14. The van der Waals surface area contributed by atoms with Crippen molar-refractivity contribution < 1.29 is 9.53 Å². The zero-order chi connectivity index (χ0) is 14.8. The number of rotatable bonds is 4. The molecule has 2 aromatic heterocycles. The number of esters is 1. The summed E-state index contributed by atoms with van der Waals surface area (Å²) < 4.78 is 7.30. The van der Waals surface area contributed by atoms with Gasteiger partial charge in [0.05, 0.1) is 23.9 Å². The van der Waals surface area contributed by atoms with Crippen LogP contribution < -0.4 is 0 Å². The van der Waals surface area contributed by atoms with E-state index < -0.39 is 0 Å². The summed E-state index contributed by atoms with van der Waals surface area (Å²) in [5.74, 6) is 0.0480. The lowest BCUT2D eigenvalue weighted by atomic mass is 9.97. The minimum atomic E-state index is -0.0297. The Balaban J connectivity index is 1.62. The Morgan fingerprint density at radius 2 is 2.24 bits per heavy atom. The lowest BCUT2D eigenvalue weighted by molar-refractivity contribution is -0.149. The third-order valence-corrected chi connectivity index (χ3v) is 4.90. The number of aryl methyl sites for hydroxylation is 1. The number of carbonyl (C=O) groups is 1. The highest BCUT2D eigenvalue weighted by Gasteiger charge is 2.26. The first-order valence-electron chi connectivity index (χ1n) is 7.49. The zero-order valence-corrected chi connectivity index (χ0v) is 13.4. The average Bonchev–Trinajstić information content (AvgIpc) is 3.03. The summed E-state index contributed by atoms with van der Waals surface area (Å²) in [5, 5.41) is 2.07. The van der Waals surface area contributed by atoms with E-state index in [2.05, 4.69) is 32.8 Å². The lowest BCUT2D eigenvalue weighted by Crippen LogP contribution is -2.36. The average molecular weight is 307 g/mol. The molecule has 0 aromatic carbocycles. The molecular formula is C15H21N3O2S. The molecule has 1 saturated heterocycles. The normalized spacial score (nSPS) is 17.4. The molecule has 3 rings (SSSR count). The number of nitrogens with zero attached hydrogens (tertiary/aromatic N) is 3. The fourth-order valence-electron chi connectivity index (χ4n) is 2.93. The van der Waals surface area contributed by atoms with Crippen molar-refractivity contribution in [2.24, 2.45) is 5.92 Å². The Morgan fingerprint density at radius 1 is 1.48 bits per heavy atom. The van der Waals surface area contributed by atoms with Gasteiger partial charge in [-0.3, -0.25) is 14.1 Å². The quantitative estimate of drug-likeness (QED) is 0.814. The summed E-state index contributed by atoms with van der Waals surface area (Å²) in [6.07, 6.45) is 3.87. The number of aromatic nitrogens is 2. The molecule has 0 aliphatic carbocycles. The highest BCUT2D eigenvalue weighted by Crippen LogP contribution is 2.23. The molecule has 0 amide bonds. The van der Waals surface area contributed by atoms with Crippen molar-refractivity contribution in [3.8, 4) is 0 Å². The molecule has 5 nitrogen and oxygen atoms in total. The minimum absolute atomic E-state index is 0.0297. The minimum Gasteiger partial charge on any atom is -0.466 e. The molecule has 21 heavy (non-hydrogen) atoms. The van der Waals surface area contributed by atoms with Crippen molar-refractivity contribution in [1.82, 2.24) is 14.3 Å². The van der Waals surface area contributed by atoms with Gasteiger partial charge in [-0.2, -0.15) is 0 Å². The fraction of sp³-hybridized carbons (Fsp3) is 0.600. The highest BCUT2D eigenvalue weighted by atomic mass is 32.1. The second-order valence-corrected chi connectivity index (χ2v) is 6.37. The summed E-state index contributed by atoms with van der Waals surface area (Å²) in [7, 11) is 0. The van der Waals surface area contributed by atoms with Crippen molar-refractivity contribution in [3.63, 3.8) is 0 Å². The smallest absolute Gasteiger partial charge is 0.309 e. The van der Waals surface area contributed by atoms with Crippen molar-refractivity contribution in [2.75, 3.05) is 19.7 Å². The fourth-order valence-corrected chi connectivity index (χ4v) is 3.71. The van der Waals surface area contributed by atoms with Crippen LogP contribution in [0, 0.1) is 12.8 Å².